The molecule has 0 saturated carbocycles. The summed E-state index contributed by atoms with van der Waals surface area (Å²) in [5, 5.41) is 0. The van der Waals surface area contributed by atoms with Gasteiger partial charge in [0.15, 0.2) is 0 Å². The van der Waals surface area contributed by atoms with E-state index in [4.69, 9.17) is 4.74 Å². The SMILES string of the molecule is CC(C)O[C@H](C)[C@@H](C)N(C)C. The van der Waals surface area contributed by atoms with Crippen LogP contribution >= 0.6 is 0 Å². The van der Waals surface area contributed by atoms with E-state index in [0.717, 1.165) is 0 Å². The fourth-order valence-corrected chi connectivity index (χ4v) is 0.963. The average Bonchev–Trinajstić information content (AvgIpc) is 1.84. The Hall–Kier alpha value is -0.0800. The average molecular weight is 159 g/mol. The molecule has 0 aromatic rings. The third-order valence-electron chi connectivity index (χ3n) is 1.98. The van der Waals surface area contributed by atoms with Gasteiger partial charge in [-0.25, -0.2) is 0 Å². The molecule has 0 fully saturated rings. The molecule has 11 heavy (non-hydrogen) atoms. The van der Waals surface area contributed by atoms with Crippen molar-refractivity contribution >= 4 is 0 Å². The van der Waals surface area contributed by atoms with E-state index in [-0.39, 0.29) is 0 Å². The minimum Gasteiger partial charge on any atom is -0.374 e. The molecular weight excluding hydrogens is 138 g/mol. The summed E-state index contributed by atoms with van der Waals surface area (Å²) < 4.78 is 5.63. The smallest absolute Gasteiger partial charge is 0.0702 e. The van der Waals surface area contributed by atoms with Crippen molar-refractivity contribution < 1.29 is 4.74 Å². The minimum atomic E-state index is 0.310. The van der Waals surface area contributed by atoms with Gasteiger partial charge in [0.25, 0.3) is 0 Å². The summed E-state index contributed by atoms with van der Waals surface area (Å²) in [7, 11) is 4.15. The molecule has 0 radical (unpaired) electrons. The van der Waals surface area contributed by atoms with Crippen LogP contribution in [0, 0.1) is 0 Å². The summed E-state index contributed by atoms with van der Waals surface area (Å²) >= 11 is 0. The van der Waals surface area contributed by atoms with Crippen molar-refractivity contribution in [1.29, 1.82) is 0 Å². The molecule has 0 rings (SSSR count). The third-order valence-corrected chi connectivity index (χ3v) is 1.98. The molecule has 0 heterocycles. The Bertz CT molecular complexity index is 102. The first-order chi connectivity index (χ1) is 4.95. The zero-order chi connectivity index (χ0) is 9.02. The van der Waals surface area contributed by atoms with E-state index in [1.165, 1.54) is 0 Å². The first-order valence-corrected chi connectivity index (χ1v) is 4.27. The largest absolute Gasteiger partial charge is 0.374 e. The van der Waals surface area contributed by atoms with Crippen LogP contribution in [0.2, 0.25) is 0 Å². The number of hydrogen-bond donors (Lipinski definition) is 0. The molecular formula is C9H21NO. The normalized spacial score (nSPS) is 17.5. The third kappa shape index (κ3) is 4.38. The fraction of sp³-hybridized carbons (Fsp3) is 1.00. The van der Waals surface area contributed by atoms with Crippen LogP contribution < -0.4 is 0 Å². The van der Waals surface area contributed by atoms with E-state index in [2.05, 4.69) is 46.7 Å². The topological polar surface area (TPSA) is 12.5 Å². The molecule has 68 valence electrons. The second kappa shape index (κ2) is 4.73. The molecule has 2 atom stereocenters. The van der Waals surface area contributed by atoms with Crippen molar-refractivity contribution in [2.24, 2.45) is 0 Å². The number of hydrogen-bond acceptors (Lipinski definition) is 2. The lowest BCUT2D eigenvalue weighted by molar-refractivity contribution is -0.0198. The van der Waals surface area contributed by atoms with Gasteiger partial charge in [-0.15, -0.1) is 0 Å². The highest BCUT2D eigenvalue weighted by Crippen LogP contribution is 2.05. The van der Waals surface area contributed by atoms with Crippen LogP contribution in [-0.2, 0) is 4.74 Å². The van der Waals surface area contributed by atoms with Gasteiger partial charge < -0.3 is 9.64 Å². The molecule has 0 bridgehead atoms. The van der Waals surface area contributed by atoms with E-state index in [0.29, 0.717) is 18.2 Å². The Morgan fingerprint density at radius 3 is 1.73 bits per heavy atom. The quantitative estimate of drug-likeness (QED) is 0.619. The maximum absolute atomic E-state index is 5.63. The van der Waals surface area contributed by atoms with Gasteiger partial charge in [-0.05, 0) is 41.8 Å². The second-order valence-electron chi connectivity index (χ2n) is 3.59. The molecule has 0 N–H and O–H groups in total. The summed E-state index contributed by atoms with van der Waals surface area (Å²) in [5.41, 5.74) is 0. The van der Waals surface area contributed by atoms with Crippen molar-refractivity contribution in [3.05, 3.63) is 0 Å². The Labute approximate surface area is 70.5 Å². The minimum absolute atomic E-state index is 0.310. The number of nitrogens with zero attached hydrogens (tertiary/aromatic N) is 1. The molecule has 2 nitrogen and oxygen atoms in total. The molecule has 0 spiro atoms. The number of ether oxygens (including phenoxy) is 1. The van der Waals surface area contributed by atoms with E-state index < -0.39 is 0 Å². The van der Waals surface area contributed by atoms with Gasteiger partial charge in [-0.1, -0.05) is 0 Å². The lowest BCUT2D eigenvalue weighted by Crippen LogP contribution is -2.37. The molecule has 0 amide bonds. The number of likely N-dealkylation sites (N-methyl/N-ethyl adjacent to an activating group) is 1. The molecule has 0 aliphatic heterocycles. The Balaban J connectivity index is 3.73. The molecule has 2 heteroatoms. The van der Waals surface area contributed by atoms with E-state index in [1.54, 1.807) is 0 Å². The summed E-state index contributed by atoms with van der Waals surface area (Å²) in [6, 6.07) is 0.484. The van der Waals surface area contributed by atoms with E-state index in [9.17, 15) is 0 Å². The lowest BCUT2D eigenvalue weighted by atomic mass is 10.2. The van der Waals surface area contributed by atoms with Crippen molar-refractivity contribution in [3.8, 4) is 0 Å². The first kappa shape index (κ1) is 10.9. The van der Waals surface area contributed by atoms with Crippen LogP contribution in [-0.4, -0.2) is 37.2 Å². The molecule has 0 saturated heterocycles. The van der Waals surface area contributed by atoms with Gasteiger partial charge in [-0.2, -0.15) is 0 Å². The second-order valence-corrected chi connectivity index (χ2v) is 3.59. The summed E-state index contributed by atoms with van der Waals surface area (Å²) in [5.74, 6) is 0. The van der Waals surface area contributed by atoms with Crippen molar-refractivity contribution in [2.45, 2.75) is 45.9 Å². The Morgan fingerprint density at radius 2 is 1.45 bits per heavy atom. The van der Waals surface area contributed by atoms with Crippen molar-refractivity contribution in [1.82, 2.24) is 4.90 Å². The predicted octanol–water partition coefficient (Wildman–Crippen LogP) is 1.75. The zero-order valence-electron chi connectivity index (χ0n) is 8.59. The highest BCUT2D eigenvalue weighted by atomic mass is 16.5. The summed E-state index contributed by atoms with van der Waals surface area (Å²) in [4.78, 5) is 2.17. The van der Waals surface area contributed by atoms with Crippen LogP contribution in [0.15, 0.2) is 0 Å². The molecule has 0 aliphatic rings. The van der Waals surface area contributed by atoms with Gasteiger partial charge in [0.05, 0.1) is 12.2 Å². The van der Waals surface area contributed by atoms with Crippen LogP contribution in [0.5, 0.6) is 0 Å². The fourth-order valence-electron chi connectivity index (χ4n) is 0.963. The van der Waals surface area contributed by atoms with Crippen LogP contribution in [0.25, 0.3) is 0 Å². The van der Waals surface area contributed by atoms with Gasteiger partial charge in [0, 0.05) is 6.04 Å². The lowest BCUT2D eigenvalue weighted by Gasteiger charge is -2.27. The maximum Gasteiger partial charge on any atom is 0.0702 e. The monoisotopic (exact) mass is 159 g/mol. The molecule has 0 aromatic carbocycles. The van der Waals surface area contributed by atoms with Gasteiger partial charge in [-0.3, -0.25) is 0 Å². The van der Waals surface area contributed by atoms with Gasteiger partial charge >= 0.3 is 0 Å². The van der Waals surface area contributed by atoms with Crippen LogP contribution in [0.3, 0.4) is 0 Å². The number of rotatable bonds is 4. The van der Waals surface area contributed by atoms with Crippen LogP contribution in [0.4, 0.5) is 0 Å². The van der Waals surface area contributed by atoms with Crippen molar-refractivity contribution in [2.75, 3.05) is 14.1 Å². The summed E-state index contributed by atoms with van der Waals surface area (Å²) in [6.07, 6.45) is 0.636. The highest BCUT2D eigenvalue weighted by molar-refractivity contribution is 4.67. The predicted molar refractivity (Wildman–Crippen MR) is 48.8 cm³/mol. The first-order valence-electron chi connectivity index (χ1n) is 4.27. The molecule has 0 aliphatic carbocycles. The van der Waals surface area contributed by atoms with Crippen molar-refractivity contribution in [3.63, 3.8) is 0 Å². The molecule has 0 aromatic heterocycles. The summed E-state index contributed by atoms with van der Waals surface area (Å²) in [6.45, 7) is 8.43. The maximum atomic E-state index is 5.63. The Morgan fingerprint density at radius 1 is 1.00 bits per heavy atom. The van der Waals surface area contributed by atoms with E-state index >= 15 is 0 Å². The van der Waals surface area contributed by atoms with Gasteiger partial charge in [0.1, 0.15) is 0 Å². The Kier molecular flexibility index (Phi) is 4.69. The zero-order valence-corrected chi connectivity index (χ0v) is 8.59. The van der Waals surface area contributed by atoms with Crippen LogP contribution in [0.1, 0.15) is 27.7 Å². The highest BCUT2D eigenvalue weighted by Gasteiger charge is 2.15. The van der Waals surface area contributed by atoms with Gasteiger partial charge in [0.2, 0.25) is 0 Å². The molecule has 0 unspecified atom stereocenters. The van der Waals surface area contributed by atoms with E-state index in [1.807, 2.05) is 0 Å². The standard InChI is InChI=1S/C9H21NO/c1-7(2)11-9(4)8(3)10(5)6/h7-9H,1-6H3/t8-,9-/m1/s1.